The minimum Gasteiger partial charge on any atom is -0.486 e. The van der Waals surface area contributed by atoms with E-state index in [1.54, 1.807) is 0 Å². The molecular weight excluding hydrogens is 242 g/mol. The molecule has 0 amide bonds. The first kappa shape index (κ1) is 14.2. The summed E-state index contributed by atoms with van der Waals surface area (Å²) >= 11 is 0. The van der Waals surface area contributed by atoms with E-state index in [0.717, 1.165) is 29.9 Å². The Kier molecular flexibility index (Phi) is 4.66. The molecule has 0 radical (unpaired) electrons. The Hall–Kier alpha value is -1.26. The van der Waals surface area contributed by atoms with Crippen molar-refractivity contribution < 1.29 is 14.6 Å². The van der Waals surface area contributed by atoms with E-state index in [2.05, 4.69) is 19.2 Å². The first-order valence-corrected chi connectivity index (χ1v) is 6.98. The number of hydrogen-bond donors (Lipinski definition) is 2. The maximum atomic E-state index is 9.57. The van der Waals surface area contributed by atoms with E-state index in [4.69, 9.17) is 9.47 Å². The molecule has 2 rings (SSSR count). The number of hydrogen-bond acceptors (Lipinski definition) is 4. The van der Waals surface area contributed by atoms with E-state index in [1.165, 1.54) is 0 Å². The van der Waals surface area contributed by atoms with Gasteiger partial charge in [-0.3, -0.25) is 0 Å². The summed E-state index contributed by atoms with van der Waals surface area (Å²) in [6.45, 7) is 6.20. The van der Waals surface area contributed by atoms with Crippen LogP contribution in [0.2, 0.25) is 0 Å². The van der Waals surface area contributed by atoms with Crippen LogP contribution in [0.3, 0.4) is 0 Å². The van der Waals surface area contributed by atoms with Crippen molar-refractivity contribution in [3.05, 3.63) is 23.8 Å². The number of para-hydroxylation sites is 1. The highest BCUT2D eigenvalue weighted by Gasteiger charge is 2.25. The van der Waals surface area contributed by atoms with Crippen LogP contribution in [0.15, 0.2) is 18.2 Å². The Morgan fingerprint density at radius 2 is 1.95 bits per heavy atom. The van der Waals surface area contributed by atoms with Gasteiger partial charge in [-0.2, -0.15) is 0 Å². The highest BCUT2D eigenvalue weighted by Crippen LogP contribution is 2.33. The molecule has 19 heavy (non-hydrogen) atoms. The average Bonchev–Trinajstić information content (AvgIpc) is 2.49. The second-order valence-corrected chi connectivity index (χ2v) is 4.94. The third kappa shape index (κ3) is 3.01. The molecule has 4 nitrogen and oxygen atoms in total. The largest absolute Gasteiger partial charge is 0.486 e. The van der Waals surface area contributed by atoms with E-state index in [-0.39, 0.29) is 12.1 Å². The lowest BCUT2D eigenvalue weighted by Gasteiger charge is -2.31. The van der Waals surface area contributed by atoms with Crippen LogP contribution in [0.4, 0.5) is 0 Å². The lowest BCUT2D eigenvalue weighted by atomic mass is 9.93. The lowest BCUT2D eigenvalue weighted by Crippen LogP contribution is -2.47. The quantitative estimate of drug-likeness (QED) is 0.827. The van der Waals surface area contributed by atoms with Gasteiger partial charge in [-0.05, 0) is 18.9 Å². The van der Waals surface area contributed by atoms with E-state index in [1.807, 2.05) is 18.2 Å². The number of rotatable bonds is 6. The lowest BCUT2D eigenvalue weighted by molar-refractivity contribution is 0.146. The number of aliphatic hydroxyl groups is 1. The molecule has 0 aliphatic carbocycles. The fourth-order valence-corrected chi connectivity index (χ4v) is 2.34. The van der Waals surface area contributed by atoms with Gasteiger partial charge in [-0.15, -0.1) is 0 Å². The number of ether oxygens (including phenoxy) is 2. The van der Waals surface area contributed by atoms with Crippen molar-refractivity contribution in [3.8, 4) is 11.5 Å². The van der Waals surface area contributed by atoms with Gasteiger partial charge in [0.1, 0.15) is 13.2 Å². The predicted octanol–water partition coefficient (Wildman–Crippen LogP) is 2.10. The number of fused-ring (bicyclic) bond motifs is 1. The summed E-state index contributed by atoms with van der Waals surface area (Å²) in [6.07, 6.45) is 1.79. The SMILES string of the molecule is CCC(CC)(CO)NCc1cccc2c1OCCO2. The van der Waals surface area contributed by atoms with Crippen LogP contribution in [0, 0.1) is 0 Å². The molecule has 1 aliphatic rings. The first-order chi connectivity index (χ1) is 9.24. The van der Waals surface area contributed by atoms with E-state index in [9.17, 15) is 5.11 Å². The standard InChI is InChI=1S/C15H23NO3/c1-3-15(4-2,11-17)16-10-12-6-5-7-13-14(12)19-9-8-18-13/h5-7,16-17H,3-4,8-11H2,1-2H3. The second kappa shape index (κ2) is 6.26. The molecule has 1 aromatic carbocycles. The van der Waals surface area contributed by atoms with E-state index >= 15 is 0 Å². The van der Waals surface area contributed by atoms with Crippen molar-refractivity contribution in [2.75, 3.05) is 19.8 Å². The molecule has 0 atom stereocenters. The van der Waals surface area contributed by atoms with Crippen LogP contribution >= 0.6 is 0 Å². The smallest absolute Gasteiger partial charge is 0.165 e. The van der Waals surface area contributed by atoms with Crippen molar-refractivity contribution in [3.63, 3.8) is 0 Å². The molecule has 0 aromatic heterocycles. The summed E-state index contributed by atoms with van der Waals surface area (Å²) in [5.74, 6) is 1.65. The summed E-state index contributed by atoms with van der Waals surface area (Å²) in [4.78, 5) is 0. The third-order valence-corrected chi connectivity index (χ3v) is 3.96. The fraction of sp³-hybridized carbons (Fsp3) is 0.600. The van der Waals surface area contributed by atoms with Crippen molar-refractivity contribution in [2.24, 2.45) is 0 Å². The summed E-state index contributed by atoms with van der Waals surface area (Å²) in [7, 11) is 0. The Morgan fingerprint density at radius 3 is 2.63 bits per heavy atom. The van der Waals surface area contributed by atoms with Gasteiger partial charge in [-0.1, -0.05) is 26.0 Å². The van der Waals surface area contributed by atoms with Crippen molar-refractivity contribution >= 4 is 0 Å². The number of aliphatic hydroxyl groups excluding tert-OH is 1. The van der Waals surface area contributed by atoms with Crippen LogP contribution in [0.25, 0.3) is 0 Å². The third-order valence-electron chi connectivity index (χ3n) is 3.96. The molecule has 106 valence electrons. The predicted molar refractivity (Wildman–Crippen MR) is 74.7 cm³/mol. The summed E-state index contributed by atoms with van der Waals surface area (Å²) < 4.78 is 11.3. The van der Waals surface area contributed by atoms with Crippen LogP contribution in [-0.2, 0) is 6.54 Å². The number of nitrogens with one attached hydrogen (secondary N) is 1. The Bertz CT molecular complexity index is 408. The Balaban J connectivity index is 2.11. The summed E-state index contributed by atoms with van der Waals surface area (Å²) in [6, 6.07) is 5.94. The normalized spacial score (nSPS) is 14.5. The van der Waals surface area contributed by atoms with Crippen LogP contribution in [0.5, 0.6) is 11.5 Å². The highest BCUT2D eigenvalue weighted by molar-refractivity contribution is 5.47. The second-order valence-electron chi connectivity index (χ2n) is 4.94. The van der Waals surface area contributed by atoms with Crippen molar-refractivity contribution in [1.82, 2.24) is 5.32 Å². The van der Waals surface area contributed by atoms with Gasteiger partial charge in [0, 0.05) is 17.6 Å². The van der Waals surface area contributed by atoms with Crippen LogP contribution in [0.1, 0.15) is 32.3 Å². The molecule has 0 unspecified atom stereocenters. The highest BCUT2D eigenvalue weighted by atomic mass is 16.6. The first-order valence-electron chi connectivity index (χ1n) is 6.98. The van der Waals surface area contributed by atoms with Crippen molar-refractivity contribution in [2.45, 2.75) is 38.8 Å². The zero-order chi connectivity index (χ0) is 13.7. The Morgan fingerprint density at radius 1 is 1.21 bits per heavy atom. The topological polar surface area (TPSA) is 50.7 Å². The monoisotopic (exact) mass is 265 g/mol. The molecule has 4 heteroatoms. The molecule has 2 N–H and O–H groups in total. The molecule has 0 bridgehead atoms. The molecule has 0 saturated heterocycles. The van der Waals surface area contributed by atoms with Gasteiger partial charge < -0.3 is 19.9 Å². The molecule has 1 heterocycles. The van der Waals surface area contributed by atoms with E-state index < -0.39 is 0 Å². The summed E-state index contributed by atoms with van der Waals surface area (Å²) in [5, 5.41) is 13.0. The maximum Gasteiger partial charge on any atom is 0.165 e. The van der Waals surface area contributed by atoms with E-state index in [0.29, 0.717) is 19.8 Å². The molecule has 0 spiro atoms. The molecule has 0 saturated carbocycles. The van der Waals surface area contributed by atoms with Crippen molar-refractivity contribution in [1.29, 1.82) is 0 Å². The molecule has 0 fully saturated rings. The van der Waals surface area contributed by atoms with Gasteiger partial charge in [0.15, 0.2) is 11.5 Å². The van der Waals surface area contributed by atoms with Gasteiger partial charge in [0.05, 0.1) is 6.61 Å². The number of benzene rings is 1. The fourth-order valence-electron chi connectivity index (χ4n) is 2.34. The zero-order valence-electron chi connectivity index (χ0n) is 11.7. The average molecular weight is 265 g/mol. The summed E-state index contributed by atoms with van der Waals surface area (Å²) in [5.41, 5.74) is 0.870. The van der Waals surface area contributed by atoms with Gasteiger partial charge >= 0.3 is 0 Å². The molecule has 1 aromatic rings. The zero-order valence-corrected chi connectivity index (χ0v) is 11.7. The maximum absolute atomic E-state index is 9.57. The van der Waals surface area contributed by atoms with Crippen LogP contribution in [-0.4, -0.2) is 30.5 Å². The van der Waals surface area contributed by atoms with Gasteiger partial charge in [0.25, 0.3) is 0 Å². The van der Waals surface area contributed by atoms with Crippen LogP contribution < -0.4 is 14.8 Å². The minimum absolute atomic E-state index is 0.145. The van der Waals surface area contributed by atoms with Gasteiger partial charge in [-0.25, -0.2) is 0 Å². The minimum atomic E-state index is -0.210. The molecule has 1 aliphatic heterocycles. The van der Waals surface area contributed by atoms with Gasteiger partial charge in [0.2, 0.25) is 0 Å². The Labute approximate surface area is 114 Å². The molecular formula is C15H23NO3.